The normalized spacial score (nSPS) is 37.1. The lowest BCUT2D eigenvalue weighted by atomic mass is 9.85. The van der Waals surface area contributed by atoms with Gasteiger partial charge in [0.05, 0.1) is 17.5 Å². The van der Waals surface area contributed by atoms with Gasteiger partial charge in [0, 0.05) is 6.07 Å². The maximum absolute atomic E-state index is 13.0. The van der Waals surface area contributed by atoms with Gasteiger partial charge in [-0.3, -0.25) is 9.59 Å². The summed E-state index contributed by atoms with van der Waals surface area (Å²) in [4.78, 5) is 27.4. The highest BCUT2D eigenvalue weighted by Gasteiger charge is 2.73. The highest BCUT2D eigenvalue weighted by atomic mass is 16.7. The van der Waals surface area contributed by atoms with Gasteiger partial charge in [0.15, 0.2) is 11.5 Å². The summed E-state index contributed by atoms with van der Waals surface area (Å²) in [6.45, 7) is 0.183. The van der Waals surface area contributed by atoms with E-state index in [0.29, 0.717) is 17.2 Å². The molecule has 5 heteroatoms. The number of benzene rings is 1. The number of hydrogen-bond donors (Lipinski definition) is 0. The number of carbonyl (C=O) groups excluding carboxylic acids is 2. The van der Waals surface area contributed by atoms with Crippen LogP contribution < -0.4 is 14.4 Å². The topological polar surface area (TPSA) is 55.8 Å². The van der Waals surface area contributed by atoms with E-state index in [-0.39, 0.29) is 47.7 Å². The van der Waals surface area contributed by atoms with Crippen LogP contribution in [0.15, 0.2) is 30.4 Å². The molecule has 1 spiro atoms. The van der Waals surface area contributed by atoms with E-state index in [1.165, 1.54) is 4.90 Å². The molecule has 5 nitrogen and oxygen atoms in total. The van der Waals surface area contributed by atoms with Crippen molar-refractivity contribution >= 4 is 17.5 Å². The lowest BCUT2D eigenvalue weighted by Gasteiger charge is -2.21. The van der Waals surface area contributed by atoms with Crippen molar-refractivity contribution in [1.82, 2.24) is 0 Å². The number of nitrogens with zero attached hydrogens (tertiary/aromatic N) is 1. The van der Waals surface area contributed by atoms with Crippen LogP contribution in [0.2, 0.25) is 0 Å². The van der Waals surface area contributed by atoms with Gasteiger partial charge in [-0.1, -0.05) is 12.2 Å². The second kappa shape index (κ2) is 3.61. The summed E-state index contributed by atoms with van der Waals surface area (Å²) < 4.78 is 10.7. The van der Waals surface area contributed by atoms with Crippen LogP contribution in [-0.4, -0.2) is 18.6 Å². The molecule has 3 aliphatic carbocycles. The summed E-state index contributed by atoms with van der Waals surface area (Å²) >= 11 is 0. The van der Waals surface area contributed by atoms with Gasteiger partial charge < -0.3 is 9.47 Å². The number of fused-ring (bicyclic) bond motifs is 4. The standard InChI is InChI=1S/C18H15NO4/c20-16-14-10-2-3-11(18(10)5-6-18)15(14)17(21)19(16)9-1-4-12-13(7-9)23-8-22-12/h1-4,7,10-11,14-15H,5-6,8H2/t10-,11-,14-,15-/m0/s1. The summed E-state index contributed by atoms with van der Waals surface area (Å²) in [6.07, 6.45) is 6.69. The molecular formula is C18H15NO4. The second-order valence-electron chi connectivity index (χ2n) is 7.27. The van der Waals surface area contributed by atoms with E-state index in [4.69, 9.17) is 9.47 Å². The minimum Gasteiger partial charge on any atom is -0.454 e. The van der Waals surface area contributed by atoms with Gasteiger partial charge >= 0.3 is 0 Å². The SMILES string of the molecule is O=C1[C@@H]2[C@@H](C(=O)N1c1ccc3c(c1)OCO3)[C@@H]1C=C[C@@H]2C12CC2. The van der Waals surface area contributed by atoms with Crippen LogP contribution in [0.5, 0.6) is 11.5 Å². The number of carbonyl (C=O) groups is 2. The molecule has 2 amide bonds. The summed E-state index contributed by atoms with van der Waals surface area (Å²) in [6, 6.07) is 5.27. The Labute approximate surface area is 132 Å². The Morgan fingerprint density at radius 1 is 0.957 bits per heavy atom. The summed E-state index contributed by atoms with van der Waals surface area (Å²) in [5, 5.41) is 0. The van der Waals surface area contributed by atoms with Crippen molar-refractivity contribution in [3.05, 3.63) is 30.4 Å². The largest absolute Gasteiger partial charge is 0.454 e. The van der Waals surface area contributed by atoms with Gasteiger partial charge in [-0.25, -0.2) is 4.90 Å². The molecule has 2 saturated carbocycles. The third kappa shape index (κ3) is 1.23. The van der Waals surface area contributed by atoms with E-state index in [1.807, 2.05) is 0 Å². The average Bonchev–Trinajstić information content (AvgIpc) is 2.83. The van der Waals surface area contributed by atoms with Crippen LogP contribution in [0.1, 0.15) is 12.8 Å². The third-order valence-corrected chi connectivity index (χ3v) is 6.47. The molecule has 5 aliphatic rings. The molecule has 6 rings (SSSR count). The van der Waals surface area contributed by atoms with Crippen LogP contribution in [0.4, 0.5) is 5.69 Å². The molecule has 3 fully saturated rings. The molecule has 0 radical (unpaired) electrons. The molecule has 1 saturated heterocycles. The minimum absolute atomic E-state index is 0.0398. The van der Waals surface area contributed by atoms with Crippen LogP contribution in [0, 0.1) is 29.1 Å². The number of imide groups is 1. The van der Waals surface area contributed by atoms with Gasteiger partial charge in [0.2, 0.25) is 18.6 Å². The molecule has 1 aromatic rings. The van der Waals surface area contributed by atoms with Crippen molar-refractivity contribution in [3.8, 4) is 11.5 Å². The van der Waals surface area contributed by atoms with Crippen LogP contribution in [0.25, 0.3) is 0 Å². The first-order valence-electron chi connectivity index (χ1n) is 8.16. The summed E-state index contributed by atoms with van der Waals surface area (Å²) in [5.41, 5.74) is 0.838. The molecule has 2 heterocycles. The van der Waals surface area contributed by atoms with E-state index in [2.05, 4.69) is 12.2 Å². The zero-order chi connectivity index (χ0) is 15.3. The van der Waals surface area contributed by atoms with Crippen molar-refractivity contribution in [2.75, 3.05) is 11.7 Å². The number of ether oxygens (including phenoxy) is 2. The lowest BCUT2D eigenvalue weighted by Crippen LogP contribution is -2.34. The first-order chi connectivity index (χ1) is 11.2. The molecular weight excluding hydrogens is 294 g/mol. The number of hydrogen-bond acceptors (Lipinski definition) is 4. The van der Waals surface area contributed by atoms with Crippen molar-refractivity contribution in [3.63, 3.8) is 0 Å². The van der Waals surface area contributed by atoms with Crippen LogP contribution in [0.3, 0.4) is 0 Å². The number of rotatable bonds is 1. The Morgan fingerprint density at radius 2 is 1.61 bits per heavy atom. The van der Waals surface area contributed by atoms with E-state index >= 15 is 0 Å². The van der Waals surface area contributed by atoms with Crippen molar-refractivity contribution in [2.24, 2.45) is 29.1 Å². The molecule has 0 N–H and O–H groups in total. The van der Waals surface area contributed by atoms with E-state index < -0.39 is 0 Å². The third-order valence-electron chi connectivity index (χ3n) is 6.47. The maximum atomic E-state index is 13.0. The number of allylic oxidation sites excluding steroid dienone is 2. The average molecular weight is 309 g/mol. The molecule has 0 unspecified atom stereocenters. The van der Waals surface area contributed by atoms with Crippen molar-refractivity contribution in [1.29, 1.82) is 0 Å². The first kappa shape index (κ1) is 12.2. The fraction of sp³-hybridized carbons (Fsp3) is 0.444. The van der Waals surface area contributed by atoms with Gasteiger partial charge in [-0.2, -0.15) is 0 Å². The van der Waals surface area contributed by atoms with Gasteiger partial charge in [-0.05, 0) is 42.2 Å². The van der Waals surface area contributed by atoms with E-state index in [1.54, 1.807) is 18.2 Å². The van der Waals surface area contributed by atoms with E-state index in [9.17, 15) is 9.59 Å². The van der Waals surface area contributed by atoms with Gasteiger partial charge in [-0.15, -0.1) is 0 Å². The minimum atomic E-state index is -0.162. The van der Waals surface area contributed by atoms with Gasteiger partial charge in [0.1, 0.15) is 0 Å². The molecule has 0 aromatic heterocycles. The zero-order valence-electron chi connectivity index (χ0n) is 12.4. The molecule has 23 heavy (non-hydrogen) atoms. The van der Waals surface area contributed by atoms with Gasteiger partial charge in [0.25, 0.3) is 0 Å². The first-order valence-corrected chi connectivity index (χ1v) is 8.16. The quantitative estimate of drug-likeness (QED) is 0.589. The monoisotopic (exact) mass is 309 g/mol. The highest BCUT2D eigenvalue weighted by molar-refractivity contribution is 6.23. The Balaban J connectivity index is 1.42. The molecule has 2 bridgehead atoms. The van der Waals surface area contributed by atoms with Crippen molar-refractivity contribution in [2.45, 2.75) is 12.8 Å². The second-order valence-corrected chi connectivity index (χ2v) is 7.27. The number of anilines is 1. The molecule has 2 aliphatic heterocycles. The molecule has 116 valence electrons. The fourth-order valence-corrected chi connectivity index (χ4v) is 5.36. The Hall–Kier alpha value is -2.30. The predicted octanol–water partition coefficient (Wildman–Crippen LogP) is 2.12. The summed E-state index contributed by atoms with van der Waals surface area (Å²) in [5.74, 6) is 1.37. The Bertz CT molecular complexity index is 775. The Morgan fingerprint density at radius 3 is 2.26 bits per heavy atom. The maximum Gasteiger partial charge on any atom is 0.238 e. The number of amides is 2. The molecule has 4 atom stereocenters. The zero-order valence-corrected chi connectivity index (χ0v) is 12.4. The van der Waals surface area contributed by atoms with Crippen LogP contribution in [-0.2, 0) is 9.59 Å². The highest BCUT2D eigenvalue weighted by Crippen LogP contribution is 2.73. The van der Waals surface area contributed by atoms with E-state index in [0.717, 1.165) is 12.8 Å². The smallest absolute Gasteiger partial charge is 0.238 e. The van der Waals surface area contributed by atoms with Crippen molar-refractivity contribution < 1.29 is 19.1 Å². The molecule has 1 aromatic carbocycles. The Kier molecular flexibility index (Phi) is 1.91. The lowest BCUT2D eigenvalue weighted by molar-refractivity contribution is -0.123. The van der Waals surface area contributed by atoms with Crippen LogP contribution >= 0.6 is 0 Å². The fourth-order valence-electron chi connectivity index (χ4n) is 5.36. The predicted molar refractivity (Wildman–Crippen MR) is 79.8 cm³/mol. The summed E-state index contributed by atoms with van der Waals surface area (Å²) in [7, 11) is 0.